The van der Waals surface area contributed by atoms with Crippen molar-refractivity contribution in [1.29, 1.82) is 0 Å². The first kappa shape index (κ1) is 21.8. The van der Waals surface area contributed by atoms with E-state index in [9.17, 15) is 4.79 Å². The molecule has 0 radical (unpaired) electrons. The minimum absolute atomic E-state index is 0.0837. The van der Waals surface area contributed by atoms with Gasteiger partial charge in [-0.25, -0.2) is 0 Å². The third kappa shape index (κ3) is 3.94. The van der Waals surface area contributed by atoms with Gasteiger partial charge in [-0.2, -0.15) is 0 Å². The van der Waals surface area contributed by atoms with E-state index < -0.39 is 0 Å². The number of benzene rings is 1. The Kier molecular flexibility index (Phi) is 5.68. The predicted molar refractivity (Wildman–Crippen MR) is 132 cm³/mol. The Labute approximate surface area is 204 Å². The van der Waals surface area contributed by atoms with Crippen molar-refractivity contribution in [3.8, 4) is 22.8 Å². The fourth-order valence-corrected chi connectivity index (χ4v) is 7.86. The first-order valence-electron chi connectivity index (χ1n) is 12.4. The molecule has 4 aliphatic rings. The number of hydrogen-bond donors (Lipinski definition) is 0. The molecule has 0 amide bonds. The summed E-state index contributed by atoms with van der Waals surface area (Å²) < 4.78 is 7.66. The molecular weight excluding hydrogens is 444 g/mol. The number of rotatable bonds is 8. The van der Waals surface area contributed by atoms with Crippen molar-refractivity contribution < 1.29 is 9.53 Å². The van der Waals surface area contributed by atoms with Crippen LogP contribution in [0.5, 0.6) is 5.75 Å². The number of aromatic nitrogens is 4. The standard InChI is InChI=1S/C27H30N4O2S/c1-2-33-23-5-3-22(4-6-23)31-25(21-7-9-28-10-8-21)29-30-26(31)34-17-24(32)27-14-18-11-19(15-27)13-20(12-18)16-27/h3-10,18-20H,2,11-17H2,1H3. The zero-order valence-electron chi connectivity index (χ0n) is 19.5. The van der Waals surface area contributed by atoms with Crippen LogP contribution in [-0.2, 0) is 4.79 Å². The van der Waals surface area contributed by atoms with Gasteiger partial charge in [-0.15, -0.1) is 10.2 Å². The molecule has 0 atom stereocenters. The van der Waals surface area contributed by atoms with Crippen LogP contribution in [0.2, 0.25) is 0 Å². The van der Waals surface area contributed by atoms with Crippen LogP contribution in [0.15, 0.2) is 53.9 Å². The molecule has 34 heavy (non-hydrogen) atoms. The second-order valence-corrected chi connectivity index (χ2v) is 11.2. The van der Waals surface area contributed by atoms with Crippen LogP contribution in [0.3, 0.4) is 0 Å². The normalized spacial score (nSPS) is 27.1. The summed E-state index contributed by atoms with van der Waals surface area (Å²) in [6.07, 6.45) is 10.9. The van der Waals surface area contributed by atoms with Gasteiger partial charge in [0.25, 0.3) is 0 Å². The summed E-state index contributed by atoms with van der Waals surface area (Å²) >= 11 is 1.52. The summed E-state index contributed by atoms with van der Waals surface area (Å²) in [5.41, 5.74) is 1.81. The molecule has 0 unspecified atom stereocenters. The molecular formula is C27H30N4O2S. The first-order chi connectivity index (χ1) is 16.6. The van der Waals surface area contributed by atoms with Crippen LogP contribution in [0.4, 0.5) is 0 Å². The molecule has 4 fully saturated rings. The van der Waals surface area contributed by atoms with Gasteiger partial charge in [0.05, 0.1) is 12.4 Å². The van der Waals surface area contributed by atoms with E-state index in [1.807, 2.05) is 47.9 Å². The lowest BCUT2D eigenvalue weighted by Gasteiger charge is -2.56. The number of carbonyl (C=O) groups is 1. The molecule has 4 aliphatic carbocycles. The number of Topliss-reactive ketones (excluding diaryl/α,β-unsaturated/α-hetero) is 1. The number of hydrogen-bond acceptors (Lipinski definition) is 6. The molecule has 0 spiro atoms. The number of ether oxygens (including phenoxy) is 1. The highest BCUT2D eigenvalue weighted by molar-refractivity contribution is 7.99. The van der Waals surface area contributed by atoms with Crippen LogP contribution in [0.25, 0.3) is 17.1 Å². The lowest BCUT2D eigenvalue weighted by atomic mass is 9.48. The SMILES string of the molecule is CCOc1ccc(-n2c(SCC(=O)C34CC5CC(CC(C5)C3)C4)nnc2-c2ccncc2)cc1. The van der Waals surface area contributed by atoms with E-state index in [2.05, 4.69) is 15.2 Å². The molecule has 176 valence electrons. The quantitative estimate of drug-likeness (QED) is 0.396. The summed E-state index contributed by atoms with van der Waals surface area (Å²) in [6.45, 7) is 2.60. The van der Waals surface area contributed by atoms with E-state index in [4.69, 9.17) is 4.74 Å². The van der Waals surface area contributed by atoms with Crippen molar-refractivity contribution in [1.82, 2.24) is 19.7 Å². The van der Waals surface area contributed by atoms with Gasteiger partial charge in [0.2, 0.25) is 0 Å². The fraction of sp³-hybridized carbons (Fsp3) is 0.481. The Morgan fingerprint density at radius 1 is 1.00 bits per heavy atom. The average Bonchev–Trinajstić information content (AvgIpc) is 3.27. The summed E-state index contributed by atoms with van der Waals surface area (Å²) in [5.74, 6) is 4.76. The Morgan fingerprint density at radius 2 is 1.65 bits per heavy atom. The van der Waals surface area contributed by atoms with Crippen molar-refractivity contribution >= 4 is 17.5 Å². The van der Waals surface area contributed by atoms with Crippen molar-refractivity contribution in [2.45, 2.75) is 50.6 Å². The molecule has 0 aliphatic heterocycles. The molecule has 4 bridgehead atoms. The van der Waals surface area contributed by atoms with Crippen LogP contribution < -0.4 is 4.74 Å². The maximum atomic E-state index is 13.6. The minimum atomic E-state index is -0.0837. The van der Waals surface area contributed by atoms with Crippen LogP contribution in [0.1, 0.15) is 45.4 Å². The van der Waals surface area contributed by atoms with E-state index in [-0.39, 0.29) is 5.41 Å². The third-order valence-electron chi connectivity index (χ3n) is 7.94. The fourth-order valence-electron chi connectivity index (χ4n) is 6.88. The van der Waals surface area contributed by atoms with E-state index in [0.717, 1.165) is 65.0 Å². The van der Waals surface area contributed by atoms with Crippen LogP contribution >= 0.6 is 11.8 Å². The molecule has 3 aromatic rings. The van der Waals surface area contributed by atoms with Crippen LogP contribution in [-0.4, -0.2) is 37.9 Å². The molecule has 7 heteroatoms. The maximum Gasteiger partial charge on any atom is 0.196 e. The predicted octanol–water partition coefficient (Wildman–Crippen LogP) is 5.61. The van der Waals surface area contributed by atoms with Crippen molar-refractivity contribution in [2.24, 2.45) is 23.2 Å². The topological polar surface area (TPSA) is 69.9 Å². The Balaban J connectivity index is 1.28. The van der Waals surface area contributed by atoms with Gasteiger partial charge in [0.1, 0.15) is 11.5 Å². The smallest absolute Gasteiger partial charge is 0.196 e. The van der Waals surface area contributed by atoms with E-state index in [0.29, 0.717) is 18.1 Å². The van der Waals surface area contributed by atoms with E-state index >= 15 is 0 Å². The number of carbonyl (C=O) groups excluding carboxylic acids is 1. The number of pyridine rings is 1. The third-order valence-corrected chi connectivity index (χ3v) is 8.87. The molecule has 2 aromatic heterocycles. The number of nitrogens with zero attached hydrogens (tertiary/aromatic N) is 4. The molecule has 2 heterocycles. The average molecular weight is 475 g/mol. The van der Waals surface area contributed by atoms with Crippen molar-refractivity contribution in [3.05, 3.63) is 48.8 Å². The largest absolute Gasteiger partial charge is 0.494 e. The highest BCUT2D eigenvalue weighted by atomic mass is 32.2. The molecule has 1 aromatic carbocycles. The zero-order valence-corrected chi connectivity index (χ0v) is 20.3. The summed E-state index contributed by atoms with van der Waals surface area (Å²) in [4.78, 5) is 17.7. The second kappa shape index (κ2) is 8.84. The zero-order chi connectivity index (χ0) is 23.1. The van der Waals surface area contributed by atoms with Gasteiger partial charge in [-0.1, -0.05) is 11.8 Å². The van der Waals surface area contributed by atoms with Crippen molar-refractivity contribution in [3.63, 3.8) is 0 Å². The summed E-state index contributed by atoms with van der Waals surface area (Å²) in [6, 6.07) is 11.8. The Morgan fingerprint density at radius 3 is 2.26 bits per heavy atom. The van der Waals surface area contributed by atoms with E-state index in [1.54, 1.807) is 12.4 Å². The molecule has 0 saturated heterocycles. The monoisotopic (exact) mass is 474 g/mol. The highest BCUT2D eigenvalue weighted by Crippen LogP contribution is 2.60. The van der Waals surface area contributed by atoms with Gasteiger partial charge in [-0.3, -0.25) is 14.3 Å². The first-order valence-corrected chi connectivity index (χ1v) is 13.4. The van der Waals surface area contributed by atoms with Gasteiger partial charge in [0, 0.05) is 29.1 Å². The summed E-state index contributed by atoms with van der Waals surface area (Å²) in [5, 5.41) is 9.78. The highest BCUT2D eigenvalue weighted by Gasteiger charge is 2.54. The van der Waals surface area contributed by atoms with E-state index in [1.165, 1.54) is 31.0 Å². The Hall–Kier alpha value is -2.67. The van der Waals surface area contributed by atoms with Gasteiger partial charge in [-0.05, 0) is 99.6 Å². The van der Waals surface area contributed by atoms with Crippen molar-refractivity contribution in [2.75, 3.05) is 12.4 Å². The Bertz CT molecular complexity index is 1140. The number of thioether (sulfide) groups is 1. The lowest BCUT2D eigenvalue weighted by molar-refractivity contribution is -0.141. The second-order valence-electron chi connectivity index (χ2n) is 10.2. The lowest BCUT2D eigenvalue weighted by Crippen LogP contribution is -2.50. The van der Waals surface area contributed by atoms with Gasteiger partial charge in [0.15, 0.2) is 11.0 Å². The molecule has 0 N–H and O–H groups in total. The minimum Gasteiger partial charge on any atom is -0.494 e. The van der Waals surface area contributed by atoms with Gasteiger partial charge >= 0.3 is 0 Å². The number of ketones is 1. The molecule has 7 rings (SSSR count). The maximum absolute atomic E-state index is 13.6. The van der Waals surface area contributed by atoms with Gasteiger partial charge < -0.3 is 4.74 Å². The molecule has 4 saturated carbocycles. The molecule has 6 nitrogen and oxygen atoms in total. The van der Waals surface area contributed by atoms with Crippen LogP contribution in [0, 0.1) is 23.2 Å². The summed E-state index contributed by atoms with van der Waals surface area (Å²) in [7, 11) is 0.